The third-order valence-electron chi connectivity index (χ3n) is 4.13. The average molecular weight is 295 g/mol. The Morgan fingerprint density at radius 2 is 1.95 bits per heavy atom. The normalized spacial score (nSPS) is 18.1. The van der Waals surface area contributed by atoms with Gasteiger partial charge < -0.3 is 9.64 Å². The van der Waals surface area contributed by atoms with Crippen molar-refractivity contribution in [1.82, 2.24) is 4.90 Å². The van der Waals surface area contributed by atoms with Crippen molar-refractivity contribution in [2.75, 3.05) is 13.6 Å². The summed E-state index contributed by atoms with van der Waals surface area (Å²) in [5, 5.41) is 0. The summed E-state index contributed by atoms with van der Waals surface area (Å²) in [5.41, 5.74) is -0.428. The van der Waals surface area contributed by atoms with Crippen LogP contribution in [0.5, 0.6) is 0 Å². The molecule has 3 nitrogen and oxygen atoms in total. The second-order valence-electron chi connectivity index (χ2n) is 7.49. The molecule has 0 bridgehead atoms. The molecular formula is C18H33NO2. The zero-order chi connectivity index (χ0) is 15.9. The molecule has 0 aromatic heterocycles. The molecule has 1 rings (SSSR count). The van der Waals surface area contributed by atoms with Crippen molar-refractivity contribution < 1.29 is 9.53 Å². The molecule has 0 heterocycles. The number of hydrogen-bond donors (Lipinski definition) is 0. The number of carbonyl (C=O) groups excluding carboxylic acids is 1. The molecule has 0 N–H and O–H groups in total. The fraction of sp³-hybridized carbons (Fsp3) is 0.833. The standard InChI is InChI=1S/C18H33NO2/c1-6-10-16(13-15-11-8-7-9-12-15)14-19(5)17(20)21-18(2,3)4/h6,15-16H,1,7-14H2,2-5H3. The maximum absolute atomic E-state index is 12.1. The van der Waals surface area contributed by atoms with Gasteiger partial charge in [-0.2, -0.15) is 0 Å². The monoisotopic (exact) mass is 295 g/mol. The average Bonchev–Trinajstić information content (AvgIpc) is 2.38. The van der Waals surface area contributed by atoms with Crippen LogP contribution in [0.2, 0.25) is 0 Å². The Balaban J connectivity index is 2.48. The Kier molecular flexibility index (Phi) is 7.27. The molecule has 1 saturated carbocycles. The fourth-order valence-electron chi connectivity index (χ4n) is 3.18. The second-order valence-corrected chi connectivity index (χ2v) is 7.49. The summed E-state index contributed by atoms with van der Waals surface area (Å²) in [4.78, 5) is 13.8. The molecule has 0 aromatic rings. The maximum atomic E-state index is 12.1. The lowest BCUT2D eigenvalue weighted by molar-refractivity contribution is 0.0265. The van der Waals surface area contributed by atoms with Crippen molar-refractivity contribution in [1.29, 1.82) is 0 Å². The van der Waals surface area contributed by atoms with Crippen LogP contribution in [0.4, 0.5) is 4.79 Å². The van der Waals surface area contributed by atoms with Gasteiger partial charge in [0, 0.05) is 13.6 Å². The smallest absolute Gasteiger partial charge is 0.410 e. The quantitative estimate of drug-likeness (QED) is 0.644. The van der Waals surface area contributed by atoms with Crippen LogP contribution in [-0.2, 0) is 4.74 Å². The second kappa shape index (κ2) is 8.45. The van der Waals surface area contributed by atoms with Crippen LogP contribution in [0.3, 0.4) is 0 Å². The summed E-state index contributed by atoms with van der Waals surface area (Å²) < 4.78 is 5.43. The van der Waals surface area contributed by atoms with Gasteiger partial charge in [-0.3, -0.25) is 0 Å². The van der Waals surface area contributed by atoms with Crippen LogP contribution >= 0.6 is 0 Å². The summed E-state index contributed by atoms with van der Waals surface area (Å²) in [6.07, 6.45) is 10.8. The first-order valence-corrected chi connectivity index (χ1v) is 8.37. The van der Waals surface area contributed by atoms with Gasteiger partial charge in [-0.1, -0.05) is 38.2 Å². The Morgan fingerprint density at radius 3 is 2.48 bits per heavy atom. The number of allylic oxidation sites excluding steroid dienone is 1. The lowest BCUT2D eigenvalue weighted by Gasteiger charge is -2.30. The predicted octanol–water partition coefficient (Wildman–Crippen LogP) is 5.02. The molecule has 0 saturated heterocycles. The van der Waals surface area contributed by atoms with E-state index < -0.39 is 5.60 Å². The number of nitrogens with zero attached hydrogens (tertiary/aromatic N) is 1. The Morgan fingerprint density at radius 1 is 1.33 bits per heavy atom. The van der Waals surface area contributed by atoms with E-state index in [1.807, 2.05) is 33.9 Å². The van der Waals surface area contributed by atoms with Gasteiger partial charge in [-0.25, -0.2) is 4.79 Å². The topological polar surface area (TPSA) is 29.5 Å². The van der Waals surface area contributed by atoms with Crippen LogP contribution in [0, 0.1) is 11.8 Å². The largest absolute Gasteiger partial charge is 0.444 e. The van der Waals surface area contributed by atoms with E-state index in [2.05, 4.69) is 6.58 Å². The van der Waals surface area contributed by atoms with Gasteiger partial charge in [-0.15, -0.1) is 6.58 Å². The zero-order valence-corrected chi connectivity index (χ0v) is 14.4. The van der Waals surface area contributed by atoms with Crippen LogP contribution < -0.4 is 0 Å². The van der Waals surface area contributed by atoms with E-state index >= 15 is 0 Å². The number of ether oxygens (including phenoxy) is 1. The first-order chi connectivity index (χ1) is 9.81. The maximum Gasteiger partial charge on any atom is 0.410 e. The van der Waals surface area contributed by atoms with Crippen molar-refractivity contribution in [2.45, 2.75) is 71.3 Å². The molecule has 21 heavy (non-hydrogen) atoms. The Labute approximate surface area is 130 Å². The Hall–Kier alpha value is -0.990. The van der Waals surface area contributed by atoms with Gasteiger partial charge in [0.25, 0.3) is 0 Å². The van der Waals surface area contributed by atoms with Gasteiger partial charge in [0.15, 0.2) is 0 Å². The van der Waals surface area contributed by atoms with Gasteiger partial charge in [0.2, 0.25) is 0 Å². The highest BCUT2D eigenvalue weighted by Gasteiger charge is 2.24. The highest BCUT2D eigenvalue weighted by molar-refractivity contribution is 5.67. The van der Waals surface area contributed by atoms with Crippen molar-refractivity contribution >= 4 is 6.09 Å². The molecule has 0 spiro atoms. The van der Waals surface area contributed by atoms with Crippen LogP contribution in [0.1, 0.15) is 65.7 Å². The van der Waals surface area contributed by atoms with E-state index in [4.69, 9.17) is 4.74 Å². The summed E-state index contributed by atoms with van der Waals surface area (Å²) >= 11 is 0. The van der Waals surface area contributed by atoms with E-state index in [1.54, 1.807) is 4.90 Å². The Bertz CT molecular complexity index is 327. The van der Waals surface area contributed by atoms with E-state index in [9.17, 15) is 4.79 Å². The van der Waals surface area contributed by atoms with Crippen molar-refractivity contribution in [3.63, 3.8) is 0 Å². The van der Waals surface area contributed by atoms with Crippen LogP contribution in [0.25, 0.3) is 0 Å². The van der Waals surface area contributed by atoms with E-state index in [0.29, 0.717) is 5.92 Å². The summed E-state index contributed by atoms with van der Waals surface area (Å²) in [7, 11) is 1.84. The van der Waals surface area contributed by atoms with Gasteiger partial charge in [0.1, 0.15) is 5.60 Å². The number of amides is 1. The molecule has 3 heteroatoms. The molecule has 1 atom stereocenters. The molecule has 0 aliphatic heterocycles. The predicted molar refractivity (Wildman–Crippen MR) is 88.4 cm³/mol. The third-order valence-corrected chi connectivity index (χ3v) is 4.13. The molecule has 1 amide bonds. The number of carbonyl (C=O) groups is 1. The SMILES string of the molecule is C=CCC(CC1CCCCC1)CN(C)C(=O)OC(C)(C)C. The molecule has 0 aromatic carbocycles. The first-order valence-electron chi connectivity index (χ1n) is 8.37. The molecule has 1 aliphatic rings. The van der Waals surface area contributed by atoms with E-state index in [-0.39, 0.29) is 6.09 Å². The molecule has 1 fully saturated rings. The minimum atomic E-state index is -0.428. The summed E-state index contributed by atoms with van der Waals surface area (Å²) in [6.45, 7) is 10.3. The van der Waals surface area contributed by atoms with Crippen LogP contribution in [-0.4, -0.2) is 30.2 Å². The minimum absolute atomic E-state index is 0.222. The highest BCUT2D eigenvalue weighted by Crippen LogP contribution is 2.30. The van der Waals surface area contributed by atoms with Gasteiger partial charge in [0.05, 0.1) is 0 Å². The summed E-state index contributed by atoms with van der Waals surface area (Å²) in [5.74, 6) is 1.33. The lowest BCUT2D eigenvalue weighted by atomic mass is 9.82. The molecular weight excluding hydrogens is 262 g/mol. The van der Waals surface area contributed by atoms with Crippen molar-refractivity contribution in [3.8, 4) is 0 Å². The first kappa shape index (κ1) is 18.1. The van der Waals surface area contributed by atoms with Crippen LogP contribution in [0.15, 0.2) is 12.7 Å². The van der Waals surface area contributed by atoms with Crippen molar-refractivity contribution in [3.05, 3.63) is 12.7 Å². The zero-order valence-electron chi connectivity index (χ0n) is 14.4. The summed E-state index contributed by atoms with van der Waals surface area (Å²) in [6, 6.07) is 0. The molecule has 122 valence electrons. The molecule has 0 radical (unpaired) electrons. The van der Waals surface area contributed by atoms with Gasteiger partial charge >= 0.3 is 6.09 Å². The number of hydrogen-bond acceptors (Lipinski definition) is 2. The minimum Gasteiger partial charge on any atom is -0.444 e. The lowest BCUT2D eigenvalue weighted by Crippen LogP contribution is -2.37. The van der Waals surface area contributed by atoms with E-state index in [0.717, 1.165) is 18.9 Å². The fourth-order valence-corrected chi connectivity index (χ4v) is 3.18. The molecule has 1 aliphatic carbocycles. The van der Waals surface area contributed by atoms with Crippen molar-refractivity contribution in [2.24, 2.45) is 11.8 Å². The van der Waals surface area contributed by atoms with E-state index in [1.165, 1.54) is 38.5 Å². The molecule has 1 unspecified atom stereocenters. The van der Waals surface area contributed by atoms with Gasteiger partial charge in [-0.05, 0) is 45.4 Å². The third kappa shape index (κ3) is 7.54. The number of rotatable bonds is 6. The highest BCUT2D eigenvalue weighted by atomic mass is 16.6.